The molecule has 0 aromatic carbocycles. The molecule has 0 aliphatic rings. The molecule has 0 unspecified atom stereocenters. The average molecular weight is 144 g/mol. The van der Waals surface area contributed by atoms with Crippen molar-refractivity contribution in [1.29, 1.82) is 0 Å². The predicted octanol–water partition coefficient (Wildman–Crippen LogP) is 0.711. The van der Waals surface area contributed by atoms with E-state index in [1.54, 1.807) is 7.05 Å². The fraction of sp³-hybridized carbons (Fsp3) is 0.714. The van der Waals surface area contributed by atoms with Crippen molar-refractivity contribution >= 4 is 5.97 Å². The van der Waals surface area contributed by atoms with Gasteiger partial charge in [0.2, 0.25) is 0 Å². The average Bonchev–Trinajstić information content (AvgIpc) is 1.89. The number of hydrogen-bond donors (Lipinski definition) is 1. The highest BCUT2D eigenvalue weighted by Crippen LogP contribution is 1.88. The molecule has 0 fully saturated rings. The number of nitrogens with one attached hydrogen (secondary N) is 1. The van der Waals surface area contributed by atoms with Gasteiger partial charge in [-0.1, -0.05) is 13.3 Å². The van der Waals surface area contributed by atoms with Crippen molar-refractivity contribution in [2.75, 3.05) is 13.7 Å². The Hall–Kier alpha value is -0.570. The van der Waals surface area contributed by atoms with E-state index >= 15 is 0 Å². The predicted molar refractivity (Wildman–Crippen MR) is 39.2 cm³/mol. The third kappa shape index (κ3) is 5.56. The lowest BCUT2D eigenvalue weighted by Crippen LogP contribution is -2.15. The molecule has 1 N–H and O–H groups in total. The van der Waals surface area contributed by atoms with Crippen molar-refractivity contribution < 1.29 is 9.53 Å². The van der Waals surface area contributed by atoms with Crippen LogP contribution in [0.1, 0.15) is 19.8 Å². The second-order valence-electron chi connectivity index (χ2n) is 1.95. The standard InChI is InChI=1S/C7H14NO2/c1-3-4-5-10-7(9)6-8-2/h6,8H,3-5H2,1-2H3. The molecule has 0 amide bonds. The van der Waals surface area contributed by atoms with Gasteiger partial charge in [0.15, 0.2) is 0 Å². The molecule has 3 nitrogen and oxygen atoms in total. The lowest BCUT2D eigenvalue weighted by molar-refractivity contribution is -0.140. The van der Waals surface area contributed by atoms with Crippen molar-refractivity contribution in [1.82, 2.24) is 5.32 Å². The van der Waals surface area contributed by atoms with Crippen LogP contribution in [-0.4, -0.2) is 19.6 Å². The van der Waals surface area contributed by atoms with E-state index in [9.17, 15) is 4.79 Å². The number of hydrogen-bond acceptors (Lipinski definition) is 3. The highest BCUT2D eigenvalue weighted by molar-refractivity contribution is 5.78. The van der Waals surface area contributed by atoms with Gasteiger partial charge >= 0.3 is 5.97 Å². The fourth-order valence-corrected chi connectivity index (χ4v) is 0.477. The fourth-order valence-electron chi connectivity index (χ4n) is 0.477. The number of likely N-dealkylation sites (N-methyl/N-ethyl adjacent to an activating group) is 1. The second kappa shape index (κ2) is 6.55. The molecule has 10 heavy (non-hydrogen) atoms. The molecule has 1 radical (unpaired) electrons. The molecule has 0 rings (SSSR count). The molecule has 0 aromatic rings. The zero-order valence-corrected chi connectivity index (χ0v) is 6.52. The van der Waals surface area contributed by atoms with Gasteiger partial charge in [-0.3, -0.25) is 4.79 Å². The van der Waals surface area contributed by atoms with Gasteiger partial charge in [0.1, 0.15) is 6.54 Å². The molecule has 0 aromatic heterocycles. The maximum absolute atomic E-state index is 10.6. The number of carbonyl (C=O) groups excluding carboxylic acids is 1. The van der Waals surface area contributed by atoms with Gasteiger partial charge in [0.25, 0.3) is 0 Å². The van der Waals surface area contributed by atoms with Crippen LogP contribution in [0.5, 0.6) is 0 Å². The van der Waals surface area contributed by atoms with Gasteiger partial charge in [0, 0.05) is 0 Å². The third-order valence-corrected chi connectivity index (χ3v) is 1.00. The molecular weight excluding hydrogens is 130 g/mol. The Kier molecular flexibility index (Phi) is 6.18. The molecule has 0 aliphatic carbocycles. The van der Waals surface area contributed by atoms with Crippen LogP contribution < -0.4 is 5.32 Å². The molecule has 0 atom stereocenters. The molecule has 3 heteroatoms. The van der Waals surface area contributed by atoms with E-state index in [2.05, 4.69) is 12.2 Å². The van der Waals surface area contributed by atoms with Gasteiger partial charge in [-0.25, -0.2) is 0 Å². The number of esters is 1. The summed E-state index contributed by atoms with van der Waals surface area (Å²) in [6.07, 6.45) is 1.98. The summed E-state index contributed by atoms with van der Waals surface area (Å²) in [5.41, 5.74) is 0. The number of ether oxygens (including phenoxy) is 1. The SMILES string of the molecule is CCCCOC(=O)[CH]NC. The summed E-state index contributed by atoms with van der Waals surface area (Å²) in [6, 6.07) is 0. The Morgan fingerprint density at radius 3 is 2.90 bits per heavy atom. The third-order valence-electron chi connectivity index (χ3n) is 1.00. The first kappa shape index (κ1) is 9.43. The van der Waals surface area contributed by atoms with Crippen LogP contribution >= 0.6 is 0 Å². The van der Waals surface area contributed by atoms with Crippen molar-refractivity contribution in [2.45, 2.75) is 19.8 Å². The number of carbonyl (C=O) groups is 1. The lowest BCUT2D eigenvalue weighted by atomic mass is 10.4. The van der Waals surface area contributed by atoms with E-state index in [0.717, 1.165) is 12.8 Å². The first-order chi connectivity index (χ1) is 4.81. The highest BCUT2D eigenvalue weighted by atomic mass is 16.5. The van der Waals surface area contributed by atoms with Crippen molar-refractivity contribution in [2.24, 2.45) is 0 Å². The maximum Gasteiger partial charge on any atom is 0.325 e. The minimum atomic E-state index is -0.295. The largest absolute Gasteiger partial charge is 0.464 e. The first-order valence-electron chi connectivity index (χ1n) is 3.48. The molecule has 0 saturated heterocycles. The number of rotatable bonds is 5. The highest BCUT2D eigenvalue weighted by Gasteiger charge is 1.98. The molecule has 59 valence electrons. The van der Waals surface area contributed by atoms with E-state index < -0.39 is 0 Å². The summed E-state index contributed by atoms with van der Waals surface area (Å²) < 4.78 is 4.77. The van der Waals surface area contributed by atoms with Gasteiger partial charge in [-0.2, -0.15) is 0 Å². The van der Waals surface area contributed by atoms with Gasteiger partial charge in [0.05, 0.1) is 6.61 Å². The Balaban J connectivity index is 3.05. The van der Waals surface area contributed by atoms with Gasteiger partial charge in [-0.15, -0.1) is 0 Å². The molecular formula is C7H14NO2. The normalized spacial score (nSPS) is 9.40. The summed E-state index contributed by atoms with van der Waals surface area (Å²) in [5, 5.41) is 2.59. The molecule has 0 bridgehead atoms. The van der Waals surface area contributed by atoms with Crippen LogP contribution in [0.3, 0.4) is 0 Å². The maximum atomic E-state index is 10.6. The number of unbranched alkanes of at least 4 members (excludes halogenated alkanes) is 1. The topological polar surface area (TPSA) is 38.3 Å². The second-order valence-corrected chi connectivity index (χ2v) is 1.95. The first-order valence-corrected chi connectivity index (χ1v) is 3.48. The Labute approximate surface area is 61.8 Å². The van der Waals surface area contributed by atoms with Crippen LogP contribution in [0.25, 0.3) is 0 Å². The van der Waals surface area contributed by atoms with E-state index in [0.29, 0.717) is 6.61 Å². The zero-order chi connectivity index (χ0) is 7.82. The summed E-state index contributed by atoms with van der Waals surface area (Å²) >= 11 is 0. The smallest absolute Gasteiger partial charge is 0.325 e. The van der Waals surface area contributed by atoms with Crippen LogP contribution in [0.15, 0.2) is 0 Å². The van der Waals surface area contributed by atoms with Gasteiger partial charge < -0.3 is 10.1 Å². The zero-order valence-electron chi connectivity index (χ0n) is 6.52. The molecule has 0 spiro atoms. The molecule has 0 saturated carbocycles. The van der Waals surface area contributed by atoms with E-state index in [4.69, 9.17) is 4.74 Å². The summed E-state index contributed by atoms with van der Waals surface area (Å²) in [7, 11) is 1.67. The van der Waals surface area contributed by atoms with Crippen LogP contribution in [0.4, 0.5) is 0 Å². The van der Waals surface area contributed by atoms with E-state index in [1.165, 1.54) is 6.54 Å². The van der Waals surface area contributed by atoms with Crippen molar-refractivity contribution in [3.63, 3.8) is 0 Å². The van der Waals surface area contributed by atoms with Crippen LogP contribution in [-0.2, 0) is 9.53 Å². The van der Waals surface area contributed by atoms with E-state index in [1.807, 2.05) is 0 Å². The minimum absolute atomic E-state index is 0.295. The molecule has 0 heterocycles. The minimum Gasteiger partial charge on any atom is -0.464 e. The van der Waals surface area contributed by atoms with E-state index in [-0.39, 0.29) is 5.97 Å². The van der Waals surface area contributed by atoms with Crippen LogP contribution in [0, 0.1) is 6.54 Å². The van der Waals surface area contributed by atoms with Crippen LogP contribution in [0.2, 0.25) is 0 Å². The quantitative estimate of drug-likeness (QED) is 0.456. The van der Waals surface area contributed by atoms with Crippen molar-refractivity contribution in [3.05, 3.63) is 6.54 Å². The van der Waals surface area contributed by atoms with Crippen molar-refractivity contribution in [3.8, 4) is 0 Å². The lowest BCUT2D eigenvalue weighted by Gasteiger charge is -2.00. The summed E-state index contributed by atoms with van der Waals surface area (Å²) in [4.78, 5) is 10.6. The molecule has 0 aliphatic heterocycles. The summed E-state index contributed by atoms with van der Waals surface area (Å²) in [6.45, 7) is 3.87. The Bertz CT molecular complexity index is 93.6. The summed E-state index contributed by atoms with van der Waals surface area (Å²) in [5.74, 6) is -0.295. The monoisotopic (exact) mass is 144 g/mol. The van der Waals surface area contributed by atoms with Gasteiger partial charge in [-0.05, 0) is 13.5 Å². The Morgan fingerprint density at radius 1 is 1.70 bits per heavy atom. The Morgan fingerprint density at radius 2 is 2.40 bits per heavy atom.